The first kappa shape index (κ1) is 13.8. The molecule has 0 saturated carbocycles. The molecular formula is C15H15BrN2OS. The van der Waals surface area contributed by atoms with E-state index in [9.17, 15) is 4.79 Å². The molecule has 1 aliphatic rings. The number of aromatic nitrogens is 1. The molecule has 0 fully saturated rings. The number of thiazole rings is 1. The smallest absolute Gasteiger partial charge is 0.229 e. The Morgan fingerprint density at radius 1 is 1.35 bits per heavy atom. The molecule has 2 aromatic rings. The van der Waals surface area contributed by atoms with Gasteiger partial charge < -0.3 is 5.32 Å². The Morgan fingerprint density at radius 3 is 2.80 bits per heavy atom. The molecule has 0 bridgehead atoms. The number of fused-ring (bicyclic) bond motifs is 1. The van der Waals surface area contributed by atoms with Crippen molar-refractivity contribution in [3.8, 4) is 0 Å². The zero-order valence-electron chi connectivity index (χ0n) is 11.4. The summed E-state index contributed by atoms with van der Waals surface area (Å²) in [6, 6.07) is 6.25. The van der Waals surface area contributed by atoms with Crippen molar-refractivity contribution in [2.75, 3.05) is 5.32 Å². The molecule has 3 rings (SSSR count). The Bertz CT molecular complexity index is 661. The van der Waals surface area contributed by atoms with E-state index in [1.54, 1.807) is 0 Å². The van der Waals surface area contributed by atoms with Crippen molar-refractivity contribution in [1.82, 2.24) is 4.98 Å². The van der Waals surface area contributed by atoms with Crippen LogP contribution in [0.4, 0.5) is 5.13 Å². The van der Waals surface area contributed by atoms with Crippen LogP contribution in [0.5, 0.6) is 0 Å². The minimum absolute atomic E-state index is 0.0174. The number of hydrogen-bond donors (Lipinski definition) is 1. The van der Waals surface area contributed by atoms with Crippen LogP contribution in [0.25, 0.3) is 0 Å². The van der Waals surface area contributed by atoms with Gasteiger partial charge in [-0.25, -0.2) is 4.98 Å². The zero-order chi connectivity index (χ0) is 14.3. The molecule has 0 saturated heterocycles. The fraction of sp³-hybridized carbons (Fsp3) is 0.333. The molecule has 1 aromatic heterocycles. The molecule has 1 heterocycles. The van der Waals surface area contributed by atoms with Gasteiger partial charge in [0.05, 0.1) is 5.69 Å². The molecule has 1 atom stereocenters. The number of benzene rings is 1. The van der Waals surface area contributed by atoms with Crippen molar-refractivity contribution in [3.05, 3.63) is 44.4 Å². The number of anilines is 1. The predicted molar refractivity (Wildman–Crippen MR) is 85.3 cm³/mol. The van der Waals surface area contributed by atoms with Gasteiger partial charge in [0.2, 0.25) is 5.91 Å². The van der Waals surface area contributed by atoms with Gasteiger partial charge in [0.25, 0.3) is 0 Å². The largest absolute Gasteiger partial charge is 0.302 e. The van der Waals surface area contributed by atoms with E-state index in [1.807, 2.05) is 19.9 Å². The molecular weight excluding hydrogens is 336 g/mol. The fourth-order valence-electron chi connectivity index (χ4n) is 2.51. The van der Waals surface area contributed by atoms with E-state index in [0.717, 1.165) is 27.9 Å². The van der Waals surface area contributed by atoms with Crippen LogP contribution >= 0.6 is 27.3 Å². The molecule has 5 heteroatoms. The van der Waals surface area contributed by atoms with Gasteiger partial charge >= 0.3 is 0 Å². The molecule has 1 N–H and O–H groups in total. The average Bonchev–Trinajstić information content (AvgIpc) is 2.93. The maximum absolute atomic E-state index is 12.3. The second-order valence-electron chi connectivity index (χ2n) is 5.17. The number of nitrogens with one attached hydrogen (secondary N) is 1. The molecule has 0 aliphatic heterocycles. The van der Waals surface area contributed by atoms with Crippen molar-refractivity contribution in [2.24, 2.45) is 5.92 Å². The van der Waals surface area contributed by atoms with E-state index >= 15 is 0 Å². The fourth-order valence-corrected chi connectivity index (χ4v) is 3.73. The van der Waals surface area contributed by atoms with Crippen LogP contribution in [0.15, 0.2) is 22.7 Å². The lowest BCUT2D eigenvalue weighted by molar-refractivity contribution is -0.119. The summed E-state index contributed by atoms with van der Waals surface area (Å²) in [5.74, 6) is 0.0925. The standard InChI is InChI=1S/C15H15BrN2OS/c1-8-9(2)20-15(17-8)18-14(19)12-5-10-3-4-13(16)7-11(10)6-12/h3-4,7,12H,5-6H2,1-2H3,(H,17,18,19). The SMILES string of the molecule is Cc1nc(NC(=O)C2Cc3ccc(Br)cc3C2)sc1C. The zero-order valence-corrected chi connectivity index (χ0v) is 13.8. The minimum atomic E-state index is 0.0174. The van der Waals surface area contributed by atoms with Gasteiger partial charge in [-0.2, -0.15) is 0 Å². The topological polar surface area (TPSA) is 42.0 Å². The van der Waals surface area contributed by atoms with Gasteiger partial charge in [0.1, 0.15) is 0 Å². The third kappa shape index (κ3) is 2.65. The molecule has 1 amide bonds. The first-order valence-corrected chi connectivity index (χ1v) is 8.16. The summed E-state index contributed by atoms with van der Waals surface area (Å²) in [6.45, 7) is 3.98. The molecule has 3 nitrogen and oxygen atoms in total. The number of halogens is 1. The number of amides is 1. The van der Waals surface area contributed by atoms with Crippen molar-refractivity contribution in [3.63, 3.8) is 0 Å². The molecule has 1 aliphatic carbocycles. The lowest BCUT2D eigenvalue weighted by Gasteiger charge is -2.07. The molecule has 104 valence electrons. The number of aryl methyl sites for hydroxylation is 2. The monoisotopic (exact) mass is 350 g/mol. The predicted octanol–water partition coefficient (Wildman–Crippen LogP) is 3.88. The number of nitrogens with zero attached hydrogens (tertiary/aromatic N) is 1. The first-order valence-electron chi connectivity index (χ1n) is 6.55. The second-order valence-corrected chi connectivity index (χ2v) is 7.29. The van der Waals surface area contributed by atoms with Gasteiger partial charge in [-0.05, 0) is 49.9 Å². The Kier molecular flexibility index (Phi) is 3.65. The lowest BCUT2D eigenvalue weighted by atomic mass is 10.1. The Balaban J connectivity index is 1.71. The van der Waals surface area contributed by atoms with E-state index in [2.05, 4.69) is 38.4 Å². The van der Waals surface area contributed by atoms with Crippen LogP contribution in [0.3, 0.4) is 0 Å². The number of rotatable bonds is 2. The molecule has 0 spiro atoms. The normalized spacial score (nSPS) is 17.1. The molecule has 1 unspecified atom stereocenters. The van der Waals surface area contributed by atoms with Gasteiger partial charge in [-0.3, -0.25) is 4.79 Å². The van der Waals surface area contributed by atoms with Gasteiger partial charge in [-0.15, -0.1) is 11.3 Å². The highest BCUT2D eigenvalue weighted by molar-refractivity contribution is 9.10. The molecule has 20 heavy (non-hydrogen) atoms. The maximum atomic E-state index is 12.3. The highest BCUT2D eigenvalue weighted by atomic mass is 79.9. The van der Waals surface area contributed by atoms with Crippen molar-refractivity contribution in [2.45, 2.75) is 26.7 Å². The molecule has 0 radical (unpaired) electrons. The van der Waals surface area contributed by atoms with Crippen molar-refractivity contribution < 1.29 is 4.79 Å². The second kappa shape index (κ2) is 5.30. The third-order valence-corrected chi connectivity index (χ3v) is 5.21. The summed E-state index contributed by atoms with van der Waals surface area (Å²) in [5, 5.41) is 3.66. The third-order valence-electron chi connectivity index (χ3n) is 3.73. The van der Waals surface area contributed by atoms with E-state index in [4.69, 9.17) is 0 Å². The average molecular weight is 351 g/mol. The van der Waals surface area contributed by atoms with Crippen LogP contribution in [-0.2, 0) is 17.6 Å². The van der Waals surface area contributed by atoms with Gasteiger partial charge in [0, 0.05) is 15.3 Å². The number of carbonyl (C=O) groups is 1. The quantitative estimate of drug-likeness (QED) is 0.892. The van der Waals surface area contributed by atoms with Crippen molar-refractivity contribution in [1.29, 1.82) is 0 Å². The highest BCUT2D eigenvalue weighted by Gasteiger charge is 2.28. The summed E-state index contributed by atoms with van der Waals surface area (Å²) in [5.41, 5.74) is 3.54. The van der Waals surface area contributed by atoms with Gasteiger partial charge in [-0.1, -0.05) is 22.0 Å². The van der Waals surface area contributed by atoms with E-state index in [1.165, 1.54) is 22.5 Å². The summed E-state index contributed by atoms with van der Waals surface area (Å²) in [6.07, 6.45) is 1.63. The molecule has 1 aromatic carbocycles. The summed E-state index contributed by atoms with van der Waals surface area (Å²) in [4.78, 5) is 17.8. The highest BCUT2D eigenvalue weighted by Crippen LogP contribution is 2.30. The van der Waals surface area contributed by atoms with Crippen LogP contribution in [0.1, 0.15) is 21.7 Å². The van der Waals surface area contributed by atoms with E-state index in [-0.39, 0.29) is 11.8 Å². The van der Waals surface area contributed by atoms with Crippen LogP contribution < -0.4 is 5.32 Å². The summed E-state index contributed by atoms with van der Waals surface area (Å²) >= 11 is 5.01. The van der Waals surface area contributed by atoms with Crippen molar-refractivity contribution >= 4 is 38.3 Å². The number of carbonyl (C=O) groups excluding carboxylic acids is 1. The van der Waals surface area contributed by atoms with Crippen LogP contribution in [-0.4, -0.2) is 10.9 Å². The first-order chi connectivity index (χ1) is 9.52. The van der Waals surface area contributed by atoms with Gasteiger partial charge in [0.15, 0.2) is 5.13 Å². The maximum Gasteiger partial charge on any atom is 0.229 e. The number of hydrogen-bond acceptors (Lipinski definition) is 3. The Hall–Kier alpha value is -1.20. The lowest BCUT2D eigenvalue weighted by Crippen LogP contribution is -2.23. The van der Waals surface area contributed by atoms with Crippen LogP contribution in [0.2, 0.25) is 0 Å². The Morgan fingerprint density at radius 2 is 2.10 bits per heavy atom. The summed E-state index contributed by atoms with van der Waals surface area (Å²) in [7, 11) is 0. The van der Waals surface area contributed by atoms with E-state index < -0.39 is 0 Å². The minimum Gasteiger partial charge on any atom is -0.302 e. The van der Waals surface area contributed by atoms with Crippen LogP contribution in [0, 0.1) is 19.8 Å². The Labute approximate surface area is 130 Å². The van der Waals surface area contributed by atoms with E-state index in [0.29, 0.717) is 5.13 Å². The summed E-state index contributed by atoms with van der Waals surface area (Å²) < 4.78 is 1.07.